The molecule has 0 radical (unpaired) electrons. The Labute approximate surface area is 232 Å². The number of amides is 2. The third kappa shape index (κ3) is 14.4. The van der Waals surface area contributed by atoms with Gasteiger partial charge in [-0.25, -0.2) is 9.78 Å². The summed E-state index contributed by atoms with van der Waals surface area (Å²) >= 11 is 0. The van der Waals surface area contributed by atoms with Gasteiger partial charge in [-0.3, -0.25) is 9.59 Å². The molecule has 4 N–H and O–H groups in total. The fraction of sp³-hybridized carbons (Fsp3) is 0.600. The third-order valence-corrected chi connectivity index (χ3v) is 6.63. The molecule has 9 nitrogen and oxygen atoms in total. The van der Waals surface area contributed by atoms with E-state index in [1.54, 1.807) is 24.3 Å². The molecule has 0 unspecified atom stereocenters. The van der Waals surface area contributed by atoms with Crippen molar-refractivity contribution in [2.24, 2.45) is 0 Å². The van der Waals surface area contributed by atoms with Gasteiger partial charge < -0.3 is 25.5 Å². The van der Waals surface area contributed by atoms with Crippen LogP contribution in [0.5, 0.6) is 5.75 Å². The molecule has 0 aliphatic heterocycles. The van der Waals surface area contributed by atoms with Crippen molar-refractivity contribution in [2.75, 3.05) is 13.2 Å². The van der Waals surface area contributed by atoms with Gasteiger partial charge in [0.1, 0.15) is 11.8 Å². The fourth-order valence-corrected chi connectivity index (χ4v) is 4.31. The molecule has 216 valence electrons. The first-order valence-corrected chi connectivity index (χ1v) is 14.5. The van der Waals surface area contributed by atoms with E-state index in [2.05, 4.69) is 27.5 Å². The lowest BCUT2D eigenvalue weighted by atomic mass is 10.1. The van der Waals surface area contributed by atoms with E-state index in [1.165, 1.54) is 83.2 Å². The highest BCUT2D eigenvalue weighted by atomic mass is 16.5. The maximum atomic E-state index is 12.4. The maximum Gasteiger partial charge on any atom is 0.326 e. The van der Waals surface area contributed by atoms with E-state index in [1.807, 2.05) is 0 Å². The van der Waals surface area contributed by atoms with Crippen LogP contribution in [0.3, 0.4) is 0 Å². The van der Waals surface area contributed by atoms with Gasteiger partial charge in [-0.15, -0.1) is 0 Å². The first kappa shape index (κ1) is 31.9. The Hall–Kier alpha value is -3.36. The van der Waals surface area contributed by atoms with Crippen LogP contribution >= 0.6 is 0 Å². The van der Waals surface area contributed by atoms with Crippen molar-refractivity contribution in [2.45, 2.75) is 103 Å². The number of aliphatic carboxylic acids is 1. The number of ether oxygens (including phenoxy) is 1. The molecule has 1 heterocycles. The summed E-state index contributed by atoms with van der Waals surface area (Å²) in [6, 6.07) is 5.86. The van der Waals surface area contributed by atoms with Gasteiger partial charge in [-0.2, -0.15) is 0 Å². The average molecular weight is 543 g/mol. The Bertz CT molecular complexity index is 947. The molecule has 2 amide bonds. The molecule has 0 bridgehead atoms. The number of unbranched alkanes of at least 4 members (excludes halogenated alkanes) is 11. The molecule has 0 fully saturated rings. The van der Waals surface area contributed by atoms with Gasteiger partial charge in [0.2, 0.25) is 5.91 Å². The van der Waals surface area contributed by atoms with E-state index in [9.17, 15) is 19.5 Å². The third-order valence-electron chi connectivity index (χ3n) is 6.63. The Morgan fingerprint density at radius 2 is 1.54 bits per heavy atom. The summed E-state index contributed by atoms with van der Waals surface area (Å²) in [5.74, 6) is -1.17. The number of nitrogens with zero attached hydrogens (tertiary/aromatic N) is 1. The minimum Gasteiger partial charge on any atom is -0.494 e. The van der Waals surface area contributed by atoms with Crippen molar-refractivity contribution in [1.82, 2.24) is 20.6 Å². The van der Waals surface area contributed by atoms with Crippen molar-refractivity contribution in [3.63, 3.8) is 0 Å². The highest BCUT2D eigenvalue weighted by Crippen LogP contribution is 2.15. The molecule has 1 aromatic heterocycles. The van der Waals surface area contributed by atoms with Gasteiger partial charge in [-0.05, 0) is 30.7 Å². The topological polar surface area (TPSA) is 133 Å². The van der Waals surface area contributed by atoms with Crippen LogP contribution in [-0.4, -0.2) is 52.1 Å². The number of nitrogens with one attached hydrogen (secondary N) is 3. The van der Waals surface area contributed by atoms with Crippen molar-refractivity contribution in [3.8, 4) is 5.75 Å². The van der Waals surface area contributed by atoms with Gasteiger partial charge in [0.15, 0.2) is 0 Å². The predicted molar refractivity (Wildman–Crippen MR) is 152 cm³/mol. The minimum absolute atomic E-state index is 0.0290. The summed E-state index contributed by atoms with van der Waals surface area (Å²) < 4.78 is 5.80. The quantitative estimate of drug-likeness (QED) is 0.147. The SMILES string of the molecule is CCCCCCCCCCCCCCOc1ccc(C(=O)NCCC(=O)N[C@@H](Cc2cnc[nH]2)C(=O)O)cc1. The van der Waals surface area contributed by atoms with E-state index in [4.69, 9.17) is 4.74 Å². The number of carbonyl (C=O) groups excluding carboxylic acids is 2. The van der Waals surface area contributed by atoms with Crippen molar-refractivity contribution >= 4 is 17.8 Å². The Morgan fingerprint density at radius 1 is 0.923 bits per heavy atom. The molecule has 1 aromatic carbocycles. The normalized spacial score (nSPS) is 11.6. The molecule has 39 heavy (non-hydrogen) atoms. The largest absolute Gasteiger partial charge is 0.494 e. The number of imidazole rings is 1. The van der Waals surface area contributed by atoms with Gasteiger partial charge >= 0.3 is 5.97 Å². The number of hydrogen-bond acceptors (Lipinski definition) is 5. The van der Waals surface area contributed by atoms with Crippen LogP contribution < -0.4 is 15.4 Å². The van der Waals surface area contributed by atoms with E-state index < -0.39 is 17.9 Å². The molecule has 9 heteroatoms. The second-order valence-electron chi connectivity index (χ2n) is 10.0. The zero-order valence-corrected chi connectivity index (χ0v) is 23.4. The van der Waals surface area contributed by atoms with Crippen LogP contribution in [0.15, 0.2) is 36.8 Å². The molecule has 2 aromatic rings. The summed E-state index contributed by atoms with van der Waals surface area (Å²) in [6.45, 7) is 3.01. The fourth-order valence-electron chi connectivity index (χ4n) is 4.31. The number of hydrogen-bond donors (Lipinski definition) is 4. The van der Waals surface area contributed by atoms with E-state index in [0.717, 1.165) is 12.2 Å². The van der Waals surface area contributed by atoms with E-state index in [-0.39, 0.29) is 25.3 Å². The molecular weight excluding hydrogens is 496 g/mol. The first-order valence-electron chi connectivity index (χ1n) is 14.5. The second-order valence-corrected chi connectivity index (χ2v) is 10.0. The average Bonchev–Trinajstić information content (AvgIpc) is 3.44. The molecular formula is C30H46N4O5. The molecule has 0 spiro atoms. The summed E-state index contributed by atoms with van der Waals surface area (Å²) in [4.78, 5) is 42.6. The number of H-pyrrole nitrogens is 1. The first-order chi connectivity index (χ1) is 19.0. The number of aromatic nitrogens is 2. The zero-order chi connectivity index (χ0) is 28.1. The Morgan fingerprint density at radius 3 is 2.10 bits per heavy atom. The van der Waals surface area contributed by atoms with Crippen LogP contribution in [0, 0.1) is 0 Å². The van der Waals surface area contributed by atoms with Crippen LogP contribution in [0.4, 0.5) is 0 Å². The standard InChI is InChI=1S/C30H46N4O5/c1-2-3-4-5-6-7-8-9-10-11-12-13-20-39-26-16-14-24(15-17-26)29(36)32-19-18-28(35)34-27(30(37)38)21-25-22-31-23-33-25/h14-17,22-23,27H,2-13,18-21H2,1H3,(H,31,33)(H,32,36)(H,34,35)(H,37,38)/t27-/m0/s1. The van der Waals surface area contributed by atoms with Crippen molar-refractivity contribution in [1.29, 1.82) is 0 Å². The van der Waals surface area contributed by atoms with Crippen LogP contribution in [0.2, 0.25) is 0 Å². The number of carboxylic acids is 1. The number of carboxylic acid groups (broad SMARTS) is 1. The van der Waals surface area contributed by atoms with Crippen molar-refractivity contribution < 1.29 is 24.2 Å². The van der Waals surface area contributed by atoms with Crippen LogP contribution in [-0.2, 0) is 16.0 Å². The van der Waals surface area contributed by atoms with Crippen LogP contribution in [0.25, 0.3) is 0 Å². The van der Waals surface area contributed by atoms with E-state index >= 15 is 0 Å². The Balaban J connectivity index is 1.52. The molecule has 0 saturated heterocycles. The molecule has 2 rings (SSSR count). The molecule has 0 saturated carbocycles. The minimum atomic E-state index is -1.14. The summed E-state index contributed by atoms with van der Waals surface area (Å²) in [7, 11) is 0. The summed E-state index contributed by atoms with van der Waals surface area (Å²) in [5.41, 5.74) is 1.08. The van der Waals surface area contributed by atoms with E-state index in [0.29, 0.717) is 17.9 Å². The molecule has 0 aliphatic carbocycles. The highest BCUT2D eigenvalue weighted by molar-refractivity contribution is 5.94. The molecule has 0 aliphatic rings. The number of benzene rings is 1. The Kier molecular flexibility index (Phi) is 16.1. The number of carbonyl (C=O) groups is 3. The summed E-state index contributed by atoms with van der Waals surface area (Å²) in [6.07, 6.45) is 18.7. The second kappa shape index (κ2) is 19.7. The summed E-state index contributed by atoms with van der Waals surface area (Å²) in [5, 5.41) is 14.5. The highest BCUT2D eigenvalue weighted by Gasteiger charge is 2.21. The lowest BCUT2D eigenvalue weighted by Crippen LogP contribution is -2.43. The van der Waals surface area contributed by atoms with Crippen LogP contribution in [0.1, 0.15) is 106 Å². The van der Waals surface area contributed by atoms with Gasteiger partial charge in [0.25, 0.3) is 5.91 Å². The maximum absolute atomic E-state index is 12.4. The smallest absolute Gasteiger partial charge is 0.326 e. The monoisotopic (exact) mass is 542 g/mol. The predicted octanol–water partition coefficient (Wildman–Crippen LogP) is 5.42. The van der Waals surface area contributed by atoms with Gasteiger partial charge in [-0.1, -0.05) is 77.6 Å². The zero-order valence-electron chi connectivity index (χ0n) is 23.4. The van der Waals surface area contributed by atoms with Crippen molar-refractivity contribution in [3.05, 3.63) is 48.0 Å². The lowest BCUT2D eigenvalue weighted by Gasteiger charge is -2.14. The number of rotatable bonds is 22. The molecule has 1 atom stereocenters. The number of aromatic amines is 1. The van der Waals surface area contributed by atoms with Gasteiger partial charge in [0, 0.05) is 36.8 Å². The lowest BCUT2D eigenvalue weighted by molar-refractivity contribution is -0.141. The van der Waals surface area contributed by atoms with Gasteiger partial charge in [0.05, 0.1) is 12.9 Å².